The molecule has 142 valence electrons. The first-order valence-corrected chi connectivity index (χ1v) is 8.93. The van der Waals surface area contributed by atoms with Crippen LogP contribution >= 0.6 is 58.0 Å². The number of carboxylic acids is 1. The van der Waals surface area contributed by atoms with E-state index >= 15 is 0 Å². The molecule has 0 aliphatic carbocycles. The van der Waals surface area contributed by atoms with Gasteiger partial charge in [0.2, 0.25) is 0 Å². The Balaban J connectivity index is 0.000000289. The van der Waals surface area contributed by atoms with Crippen molar-refractivity contribution in [1.29, 1.82) is 0 Å². The van der Waals surface area contributed by atoms with E-state index in [0.717, 1.165) is 0 Å². The van der Waals surface area contributed by atoms with E-state index in [-0.39, 0.29) is 15.8 Å². The minimum Gasteiger partial charge on any atom is -0.495 e. The van der Waals surface area contributed by atoms with Gasteiger partial charge in [0, 0.05) is 10.0 Å². The maximum absolute atomic E-state index is 10.9. The summed E-state index contributed by atoms with van der Waals surface area (Å²) in [6.45, 7) is 2.80. The summed E-state index contributed by atoms with van der Waals surface area (Å²) < 4.78 is 10.2. The number of hydrogen-bond acceptors (Lipinski definition) is 3. The van der Waals surface area contributed by atoms with Gasteiger partial charge in [0.25, 0.3) is 0 Å². The summed E-state index contributed by atoms with van der Waals surface area (Å²) in [6, 6.07) is 7.96. The first-order valence-electron chi connectivity index (χ1n) is 7.04. The minimum absolute atomic E-state index is 0.111. The average Bonchev–Trinajstić information content (AvgIpc) is 2.51. The fraction of sp³-hybridized carbons (Fsp3) is 0.235. The Morgan fingerprint density at radius 3 is 1.85 bits per heavy atom. The maximum Gasteiger partial charge on any atom is 0.347 e. The lowest BCUT2D eigenvalue weighted by Gasteiger charge is -2.23. The van der Waals surface area contributed by atoms with Crippen LogP contribution in [0.4, 0.5) is 0 Å². The molecule has 2 aromatic carbocycles. The number of methoxy groups -OCH3 is 1. The van der Waals surface area contributed by atoms with Gasteiger partial charge in [-0.2, -0.15) is 0 Å². The smallest absolute Gasteiger partial charge is 0.347 e. The fourth-order valence-corrected chi connectivity index (χ4v) is 2.95. The molecular weight excluding hydrogens is 445 g/mol. The Morgan fingerprint density at radius 1 is 0.923 bits per heavy atom. The molecule has 0 unspecified atom stereocenters. The van der Waals surface area contributed by atoms with E-state index in [0.29, 0.717) is 20.8 Å². The van der Waals surface area contributed by atoms with Crippen molar-refractivity contribution < 1.29 is 19.4 Å². The Labute approximate surface area is 176 Å². The fourth-order valence-electron chi connectivity index (χ4n) is 1.57. The number of ether oxygens (including phenoxy) is 2. The van der Waals surface area contributed by atoms with Crippen LogP contribution in [0, 0.1) is 0 Å². The van der Waals surface area contributed by atoms with Crippen molar-refractivity contribution in [2.24, 2.45) is 0 Å². The molecule has 0 aromatic heterocycles. The third-order valence-electron chi connectivity index (χ3n) is 2.95. The van der Waals surface area contributed by atoms with Crippen LogP contribution in [0.5, 0.6) is 11.5 Å². The SMILES string of the molecule is CC(C)(Oc1c(Cl)cc(Cl)cc1Cl)C(=O)O.COc1ccc(Cl)cc1Cl. The van der Waals surface area contributed by atoms with Crippen LogP contribution in [-0.2, 0) is 4.79 Å². The molecule has 4 nitrogen and oxygen atoms in total. The van der Waals surface area contributed by atoms with Crippen molar-refractivity contribution in [2.75, 3.05) is 7.11 Å². The lowest BCUT2D eigenvalue weighted by atomic mass is 10.1. The molecule has 1 N–H and O–H groups in total. The summed E-state index contributed by atoms with van der Waals surface area (Å²) >= 11 is 28.8. The van der Waals surface area contributed by atoms with Gasteiger partial charge in [-0.15, -0.1) is 0 Å². The van der Waals surface area contributed by atoms with Crippen LogP contribution in [0.15, 0.2) is 30.3 Å². The summed E-state index contributed by atoms with van der Waals surface area (Å²) in [6.07, 6.45) is 0. The third-order valence-corrected chi connectivity index (χ3v) is 4.26. The first kappa shape index (κ1) is 23.0. The molecule has 0 heterocycles. The molecule has 0 aliphatic heterocycles. The van der Waals surface area contributed by atoms with Crippen molar-refractivity contribution in [1.82, 2.24) is 0 Å². The van der Waals surface area contributed by atoms with Crippen molar-refractivity contribution in [3.8, 4) is 11.5 Å². The minimum atomic E-state index is -1.42. The molecule has 0 atom stereocenters. The topological polar surface area (TPSA) is 55.8 Å². The highest BCUT2D eigenvalue weighted by molar-refractivity contribution is 6.40. The van der Waals surface area contributed by atoms with Crippen LogP contribution in [-0.4, -0.2) is 23.8 Å². The highest BCUT2D eigenvalue weighted by atomic mass is 35.5. The van der Waals surface area contributed by atoms with Crippen molar-refractivity contribution in [3.63, 3.8) is 0 Å². The number of carbonyl (C=O) groups is 1. The summed E-state index contributed by atoms with van der Waals surface area (Å²) in [5.74, 6) is -0.360. The van der Waals surface area contributed by atoms with Crippen molar-refractivity contribution >= 4 is 64.0 Å². The zero-order valence-electron chi connectivity index (χ0n) is 13.9. The van der Waals surface area contributed by atoms with Crippen LogP contribution < -0.4 is 9.47 Å². The van der Waals surface area contributed by atoms with E-state index in [1.807, 2.05) is 0 Å². The molecule has 2 aromatic rings. The van der Waals surface area contributed by atoms with E-state index in [1.54, 1.807) is 25.3 Å². The Bertz CT molecular complexity index is 770. The summed E-state index contributed by atoms with van der Waals surface area (Å²) in [5, 5.41) is 10.8. The standard InChI is InChI=1S/C10H9Cl3O3.C7H6Cl2O/c1-10(2,9(14)15)16-8-6(12)3-5(11)4-7(8)13;1-10-7-3-2-5(8)4-6(7)9/h3-4H,1-2H3,(H,14,15);2-4H,1H3. The Morgan fingerprint density at radius 2 is 1.42 bits per heavy atom. The Kier molecular flexibility index (Phi) is 8.64. The molecule has 0 amide bonds. The van der Waals surface area contributed by atoms with Crippen LogP contribution in [0.1, 0.15) is 13.8 Å². The van der Waals surface area contributed by atoms with Gasteiger partial charge in [-0.25, -0.2) is 4.79 Å². The van der Waals surface area contributed by atoms with E-state index in [9.17, 15) is 4.79 Å². The zero-order valence-corrected chi connectivity index (χ0v) is 17.7. The molecule has 0 spiro atoms. The van der Waals surface area contributed by atoms with E-state index in [4.69, 9.17) is 72.6 Å². The maximum atomic E-state index is 10.9. The van der Waals surface area contributed by atoms with Gasteiger partial charge in [-0.1, -0.05) is 58.0 Å². The van der Waals surface area contributed by atoms with Gasteiger partial charge >= 0.3 is 5.97 Å². The molecule has 0 bridgehead atoms. The van der Waals surface area contributed by atoms with E-state index in [1.165, 1.54) is 26.0 Å². The Hall–Kier alpha value is -1.04. The quantitative estimate of drug-likeness (QED) is 0.540. The van der Waals surface area contributed by atoms with Gasteiger partial charge in [0.1, 0.15) is 5.75 Å². The molecule has 9 heteroatoms. The number of halogens is 5. The van der Waals surface area contributed by atoms with E-state index in [2.05, 4.69) is 0 Å². The monoisotopic (exact) mass is 458 g/mol. The number of hydrogen-bond donors (Lipinski definition) is 1. The van der Waals surface area contributed by atoms with Gasteiger partial charge in [-0.3, -0.25) is 0 Å². The summed E-state index contributed by atoms with van der Waals surface area (Å²) in [5.41, 5.74) is -1.42. The zero-order chi connectivity index (χ0) is 20.1. The molecule has 0 fully saturated rings. The molecule has 0 saturated heterocycles. The van der Waals surface area contributed by atoms with Gasteiger partial charge < -0.3 is 14.6 Å². The molecular formula is C17H15Cl5O4. The largest absolute Gasteiger partial charge is 0.495 e. The average molecular weight is 461 g/mol. The molecule has 0 radical (unpaired) electrons. The van der Waals surface area contributed by atoms with Crippen LogP contribution in [0.25, 0.3) is 0 Å². The second kappa shape index (κ2) is 9.77. The molecule has 2 rings (SSSR count). The predicted molar refractivity (Wildman–Crippen MR) is 107 cm³/mol. The van der Waals surface area contributed by atoms with Crippen LogP contribution in [0.2, 0.25) is 25.1 Å². The normalized spacial score (nSPS) is 10.6. The lowest BCUT2D eigenvalue weighted by molar-refractivity contribution is -0.152. The van der Waals surface area contributed by atoms with E-state index < -0.39 is 11.6 Å². The van der Waals surface area contributed by atoms with Crippen LogP contribution in [0.3, 0.4) is 0 Å². The number of benzene rings is 2. The highest BCUT2D eigenvalue weighted by Crippen LogP contribution is 2.37. The lowest BCUT2D eigenvalue weighted by Crippen LogP contribution is -2.38. The second-order valence-corrected chi connectivity index (χ2v) is 7.49. The molecule has 26 heavy (non-hydrogen) atoms. The number of rotatable bonds is 4. The number of aliphatic carboxylic acids is 1. The van der Waals surface area contributed by atoms with Crippen molar-refractivity contribution in [3.05, 3.63) is 55.4 Å². The predicted octanol–water partition coefficient (Wildman–Crippen LogP) is 6.89. The molecule has 0 aliphatic rings. The highest BCUT2D eigenvalue weighted by Gasteiger charge is 2.31. The third kappa shape index (κ3) is 6.60. The van der Waals surface area contributed by atoms with Gasteiger partial charge in [-0.05, 0) is 44.2 Å². The summed E-state index contributed by atoms with van der Waals surface area (Å²) in [4.78, 5) is 10.9. The summed E-state index contributed by atoms with van der Waals surface area (Å²) in [7, 11) is 1.56. The number of carboxylic acid groups (broad SMARTS) is 1. The second-order valence-electron chi connectivity index (χ2n) is 5.39. The van der Waals surface area contributed by atoms with Gasteiger partial charge in [0.15, 0.2) is 11.4 Å². The first-order chi connectivity index (χ1) is 12.0. The molecule has 0 saturated carbocycles. The van der Waals surface area contributed by atoms with Crippen molar-refractivity contribution in [2.45, 2.75) is 19.4 Å². The van der Waals surface area contributed by atoms with Gasteiger partial charge in [0.05, 0.1) is 22.2 Å².